The number of amides is 1. The maximum atomic E-state index is 12.9. The van der Waals surface area contributed by atoms with E-state index < -0.39 is 0 Å². The molecule has 1 aliphatic rings. The highest BCUT2D eigenvalue weighted by molar-refractivity contribution is 5.91. The van der Waals surface area contributed by atoms with E-state index in [0.717, 1.165) is 22.9 Å². The van der Waals surface area contributed by atoms with Crippen molar-refractivity contribution in [1.29, 1.82) is 0 Å². The molecule has 9 heteroatoms. The fourth-order valence-electron chi connectivity index (χ4n) is 3.79. The van der Waals surface area contributed by atoms with Crippen molar-refractivity contribution in [3.8, 4) is 22.8 Å². The van der Waals surface area contributed by atoms with Crippen LogP contribution in [0.4, 0.5) is 5.82 Å². The minimum absolute atomic E-state index is 0.174. The number of methoxy groups -OCH3 is 2. The molecule has 0 spiro atoms. The molecule has 9 nitrogen and oxygen atoms in total. The summed E-state index contributed by atoms with van der Waals surface area (Å²) in [5.74, 6) is 3.08. The number of rotatable bonds is 5. The predicted molar refractivity (Wildman–Crippen MR) is 120 cm³/mol. The van der Waals surface area contributed by atoms with Crippen LogP contribution in [0.3, 0.4) is 0 Å². The van der Waals surface area contributed by atoms with Crippen molar-refractivity contribution in [2.24, 2.45) is 0 Å². The number of hydrogen-bond acceptors (Lipinski definition) is 7. The number of hydrogen-bond donors (Lipinski definition) is 1. The SMILES string of the molecule is COc1ccc(-c2nc3n(c2NC(C)(C)C)CCN(C(=O)c2cc(C)no2)C3)cc1OC. The number of nitrogens with zero attached hydrogens (tertiary/aromatic N) is 4. The Labute approximate surface area is 187 Å². The van der Waals surface area contributed by atoms with Crippen molar-refractivity contribution in [3.05, 3.63) is 41.5 Å². The van der Waals surface area contributed by atoms with Crippen LogP contribution in [0.5, 0.6) is 11.5 Å². The zero-order valence-corrected chi connectivity index (χ0v) is 19.4. The van der Waals surface area contributed by atoms with E-state index in [9.17, 15) is 4.79 Å². The average Bonchev–Trinajstić information content (AvgIpc) is 3.35. The van der Waals surface area contributed by atoms with Crippen molar-refractivity contribution in [2.45, 2.75) is 46.3 Å². The smallest absolute Gasteiger partial charge is 0.292 e. The van der Waals surface area contributed by atoms with Crippen LogP contribution in [-0.4, -0.2) is 51.8 Å². The first-order valence-electron chi connectivity index (χ1n) is 10.5. The largest absolute Gasteiger partial charge is 0.493 e. The first kappa shape index (κ1) is 21.7. The minimum atomic E-state index is -0.183. The second-order valence-corrected chi connectivity index (χ2v) is 8.88. The average molecular weight is 440 g/mol. The summed E-state index contributed by atoms with van der Waals surface area (Å²) in [5, 5.41) is 7.43. The molecule has 4 rings (SSSR count). The van der Waals surface area contributed by atoms with Gasteiger partial charge >= 0.3 is 0 Å². The molecule has 0 bridgehead atoms. The molecule has 1 N–H and O–H groups in total. The van der Waals surface area contributed by atoms with Crippen molar-refractivity contribution in [1.82, 2.24) is 19.6 Å². The molecule has 1 aromatic carbocycles. The standard InChI is InChI=1S/C23H29N5O4/c1-14-11-18(32-26-14)22(29)27-9-10-28-19(13-27)24-20(21(28)25-23(2,3)4)15-7-8-16(30-5)17(12-15)31-6/h7-8,11-12,25H,9-10,13H2,1-6H3. The molecule has 0 saturated heterocycles. The number of carbonyl (C=O) groups excluding carboxylic acids is 1. The number of fused-ring (bicyclic) bond motifs is 1. The summed E-state index contributed by atoms with van der Waals surface area (Å²) in [4.78, 5) is 19.5. The van der Waals surface area contributed by atoms with Gasteiger partial charge in [-0.1, -0.05) is 5.16 Å². The number of carbonyl (C=O) groups is 1. The molecule has 0 fully saturated rings. The van der Waals surface area contributed by atoms with Crippen LogP contribution in [-0.2, 0) is 13.1 Å². The third kappa shape index (κ3) is 4.15. The summed E-state index contributed by atoms with van der Waals surface area (Å²) in [6.07, 6.45) is 0. The lowest BCUT2D eigenvalue weighted by Gasteiger charge is -2.30. The molecule has 1 amide bonds. The van der Waals surface area contributed by atoms with Crippen LogP contribution in [0, 0.1) is 6.92 Å². The van der Waals surface area contributed by atoms with Crippen LogP contribution in [0.25, 0.3) is 11.3 Å². The van der Waals surface area contributed by atoms with Gasteiger partial charge in [0.25, 0.3) is 5.91 Å². The van der Waals surface area contributed by atoms with Gasteiger partial charge in [-0.05, 0) is 45.9 Å². The first-order chi connectivity index (χ1) is 15.2. The van der Waals surface area contributed by atoms with Gasteiger partial charge in [-0.25, -0.2) is 4.98 Å². The van der Waals surface area contributed by atoms with E-state index in [1.807, 2.05) is 18.2 Å². The van der Waals surface area contributed by atoms with Gasteiger partial charge in [0.15, 0.2) is 11.5 Å². The van der Waals surface area contributed by atoms with Crippen LogP contribution < -0.4 is 14.8 Å². The van der Waals surface area contributed by atoms with Crippen molar-refractivity contribution in [3.63, 3.8) is 0 Å². The van der Waals surface area contributed by atoms with Crippen molar-refractivity contribution < 1.29 is 18.8 Å². The van der Waals surface area contributed by atoms with E-state index in [2.05, 4.69) is 35.8 Å². The highest BCUT2D eigenvalue weighted by Gasteiger charge is 2.30. The highest BCUT2D eigenvalue weighted by Crippen LogP contribution is 2.37. The van der Waals surface area contributed by atoms with Gasteiger partial charge in [0.1, 0.15) is 17.3 Å². The molecule has 3 heterocycles. The summed E-state index contributed by atoms with van der Waals surface area (Å²) in [7, 11) is 3.23. The molecule has 0 unspecified atom stereocenters. The van der Waals surface area contributed by atoms with Gasteiger partial charge in [0.05, 0.1) is 26.5 Å². The van der Waals surface area contributed by atoms with E-state index >= 15 is 0 Å². The van der Waals surface area contributed by atoms with E-state index in [-0.39, 0.29) is 17.2 Å². The Morgan fingerprint density at radius 1 is 1.12 bits per heavy atom. The summed E-state index contributed by atoms with van der Waals surface area (Å²) in [6.45, 7) is 9.66. The second-order valence-electron chi connectivity index (χ2n) is 8.88. The van der Waals surface area contributed by atoms with Crippen LogP contribution in [0.2, 0.25) is 0 Å². The fourth-order valence-corrected chi connectivity index (χ4v) is 3.79. The molecule has 0 saturated carbocycles. The lowest BCUT2D eigenvalue weighted by molar-refractivity contribution is 0.0665. The van der Waals surface area contributed by atoms with Gasteiger partial charge in [0, 0.05) is 30.3 Å². The van der Waals surface area contributed by atoms with E-state index in [0.29, 0.717) is 36.8 Å². The molecular weight excluding hydrogens is 410 g/mol. The molecule has 1 aliphatic heterocycles. The number of anilines is 1. The number of benzene rings is 1. The summed E-state index contributed by atoms with van der Waals surface area (Å²) in [6, 6.07) is 7.41. The zero-order chi connectivity index (χ0) is 23.0. The summed E-state index contributed by atoms with van der Waals surface area (Å²) >= 11 is 0. The Bertz CT molecular complexity index is 1140. The van der Waals surface area contributed by atoms with Gasteiger partial charge < -0.3 is 28.8 Å². The highest BCUT2D eigenvalue weighted by atomic mass is 16.5. The maximum absolute atomic E-state index is 12.9. The summed E-state index contributed by atoms with van der Waals surface area (Å²) in [5.41, 5.74) is 2.21. The predicted octanol–water partition coefficient (Wildman–Crippen LogP) is 3.73. The number of imidazole rings is 1. The third-order valence-electron chi connectivity index (χ3n) is 5.25. The van der Waals surface area contributed by atoms with Gasteiger partial charge in [0.2, 0.25) is 5.76 Å². The molecule has 2 aromatic heterocycles. The van der Waals surface area contributed by atoms with Crippen molar-refractivity contribution in [2.75, 3.05) is 26.1 Å². The van der Waals surface area contributed by atoms with Gasteiger partial charge in [-0.15, -0.1) is 0 Å². The molecular formula is C23H29N5O4. The summed E-state index contributed by atoms with van der Waals surface area (Å²) < 4.78 is 18.2. The topological polar surface area (TPSA) is 94.7 Å². The first-order valence-corrected chi connectivity index (χ1v) is 10.5. The van der Waals surface area contributed by atoms with E-state index in [1.165, 1.54) is 0 Å². The number of aromatic nitrogens is 3. The molecule has 0 radical (unpaired) electrons. The molecule has 170 valence electrons. The number of ether oxygens (including phenoxy) is 2. The lowest BCUT2D eigenvalue weighted by atomic mass is 10.1. The quantitative estimate of drug-likeness (QED) is 0.647. The molecule has 0 atom stereocenters. The number of aryl methyl sites for hydroxylation is 1. The Balaban J connectivity index is 1.73. The minimum Gasteiger partial charge on any atom is -0.493 e. The van der Waals surface area contributed by atoms with Crippen molar-refractivity contribution >= 4 is 11.7 Å². The Morgan fingerprint density at radius 3 is 2.50 bits per heavy atom. The normalized spacial score (nSPS) is 13.6. The lowest BCUT2D eigenvalue weighted by Crippen LogP contribution is -2.39. The van der Waals surface area contributed by atoms with E-state index in [1.54, 1.807) is 32.1 Å². The van der Waals surface area contributed by atoms with E-state index in [4.69, 9.17) is 19.0 Å². The maximum Gasteiger partial charge on any atom is 0.292 e. The molecule has 32 heavy (non-hydrogen) atoms. The number of nitrogens with one attached hydrogen (secondary N) is 1. The third-order valence-corrected chi connectivity index (χ3v) is 5.25. The van der Waals surface area contributed by atoms with Crippen LogP contribution in [0.1, 0.15) is 42.8 Å². The zero-order valence-electron chi connectivity index (χ0n) is 19.4. The second kappa shape index (κ2) is 8.22. The Hall–Kier alpha value is -3.49. The van der Waals surface area contributed by atoms with Crippen LogP contribution >= 0.6 is 0 Å². The van der Waals surface area contributed by atoms with Crippen LogP contribution in [0.15, 0.2) is 28.8 Å². The monoisotopic (exact) mass is 439 g/mol. The van der Waals surface area contributed by atoms with Gasteiger partial charge in [-0.2, -0.15) is 0 Å². The molecule has 0 aliphatic carbocycles. The Morgan fingerprint density at radius 2 is 1.88 bits per heavy atom. The Kier molecular flexibility index (Phi) is 5.58. The van der Waals surface area contributed by atoms with Gasteiger partial charge in [-0.3, -0.25) is 4.79 Å². The fraction of sp³-hybridized carbons (Fsp3) is 0.435. The molecule has 3 aromatic rings.